The van der Waals surface area contributed by atoms with E-state index in [0.717, 1.165) is 6.54 Å². The van der Waals surface area contributed by atoms with Crippen molar-refractivity contribution in [1.29, 1.82) is 0 Å². The van der Waals surface area contributed by atoms with E-state index >= 15 is 0 Å². The molecule has 14 heavy (non-hydrogen) atoms. The Labute approximate surface area is 87.2 Å². The summed E-state index contributed by atoms with van der Waals surface area (Å²) >= 11 is 0. The van der Waals surface area contributed by atoms with Gasteiger partial charge in [0.1, 0.15) is 0 Å². The molecular weight excluding hydrogens is 178 g/mol. The smallest absolute Gasteiger partial charge is 0.163 e. The number of nitrogens with one attached hydrogen (secondary N) is 1. The Bertz CT molecular complexity index is 167. The van der Waals surface area contributed by atoms with E-state index in [1.165, 1.54) is 12.8 Å². The second-order valence-corrected chi connectivity index (χ2v) is 4.37. The van der Waals surface area contributed by atoms with Gasteiger partial charge in [0.05, 0.1) is 12.7 Å². The quantitative estimate of drug-likeness (QED) is 0.737. The Morgan fingerprint density at radius 2 is 2.00 bits per heavy atom. The summed E-state index contributed by atoms with van der Waals surface area (Å²) in [6, 6.07) is 0.613. The number of ether oxygens (including phenoxy) is 2. The number of rotatable bonds is 5. The molecule has 1 aliphatic rings. The zero-order chi connectivity index (χ0) is 10.6. The highest BCUT2D eigenvalue weighted by Gasteiger charge is 2.32. The first kappa shape index (κ1) is 12.0. The summed E-state index contributed by atoms with van der Waals surface area (Å²) in [6.45, 7) is 9.94. The van der Waals surface area contributed by atoms with E-state index in [-0.39, 0.29) is 11.9 Å². The van der Waals surface area contributed by atoms with Gasteiger partial charge in [0, 0.05) is 12.6 Å². The molecule has 3 heteroatoms. The summed E-state index contributed by atoms with van der Waals surface area (Å²) in [5.41, 5.74) is 0. The van der Waals surface area contributed by atoms with Gasteiger partial charge in [0.25, 0.3) is 0 Å². The van der Waals surface area contributed by atoms with Crippen LogP contribution in [0.2, 0.25) is 0 Å². The average molecular weight is 201 g/mol. The summed E-state index contributed by atoms with van der Waals surface area (Å²) in [5, 5.41) is 3.49. The maximum Gasteiger partial charge on any atom is 0.163 e. The Balaban J connectivity index is 2.20. The molecule has 0 radical (unpaired) electrons. The lowest BCUT2D eigenvalue weighted by Gasteiger charge is -2.19. The van der Waals surface area contributed by atoms with Crippen molar-refractivity contribution in [1.82, 2.24) is 5.32 Å². The van der Waals surface area contributed by atoms with E-state index in [1.54, 1.807) is 0 Å². The highest BCUT2D eigenvalue weighted by molar-refractivity contribution is 4.74. The lowest BCUT2D eigenvalue weighted by atomic mass is 10.1. The third-order valence-electron chi connectivity index (χ3n) is 2.69. The molecule has 1 fully saturated rings. The minimum Gasteiger partial charge on any atom is -0.348 e. The molecule has 1 heterocycles. The van der Waals surface area contributed by atoms with Gasteiger partial charge in [-0.1, -0.05) is 13.8 Å². The molecule has 84 valence electrons. The van der Waals surface area contributed by atoms with Crippen LogP contribution in [-0.2, 0) is 9.47 Å². The zero-order valence-electron chi connectivity index (χ0n) is 9.80. The maximum absolute atomic E-state index is 5.70. The van der Waals surface area contributed by atoms with Gasteiger partial charge in [0.2, 0.25) is 0 Å². The van der Waals surface area contributed by atoms with Crippen molar-refractivity contribution in [2.75, 3.05) is 13.2 Å². The molecule has 0 amide bonds. The van der Waals surface area contributed by atoms with Gasteiger partial charge < -0.3 is 14.8 Å². The van der Waals surface area contributed by atoms with Gasteiger partial charge in [-0.25, -0.2) is 0 Å². The van der Waals surface area contributed by atoms with Crippen LogP contribution in [-0.4, -0.2) is 31.1 Å². The van der Waals surface area contributed by atoms with E-state index in [2.05, 4.69) is 19.2 Å². The van der Waals surface area contributed by atoms with Crippen LogP contribution in [0, 0.1) is 0 Å². The molecule has 1 aliphatic heterocycles. The Kier molecular flexibility index (Phi) is 4.35. The van der Waals surface area contributed by atoms with Gasteiger partial charge in [-0.05, 0) is 26.7 Å². The number of hydrogen-bond donors (Lipinski definition) is 1. The zero-order valence-corrected chi connectivity index (χ0v) is 9.80. The van der Waals surface area contributed by atoms with Crippen LogP contribution in [0.1, 0.15) is 40.5 Å². The monoisotopic (exact) mass is 201 g/mol. The van der Waals surface area contributed by atoms with Crippen molar-refractivity contribution >= 4 is 0 Å². The first-order chi connectivity index (χ1) is 6.57. The lowest BCUT2D eigenvalue weighted by molar-refractivity contribution is -0.137. The van der Waals surface area contributed by atoms with Crippen LogP contribution in [0.25, 0.3) is 0 Å². The highest BCUT2D eigenvalue weighted by atomic mass is 16.7. The van der Waals surface area contributed by atoms with Crippen LogP contribution in [0.3, 0.4) is 0 Å². The van der Waals surface area contributed by atoms with Crippen molar-refractivity contribution < 1.29 is 9.47 Å². The van der Waals surface area contributed by atoms with Crippen molar-refractivity contribution in [3.63, 3.8) is 0 Å². The summed E-state index contributed by atoms with van der Waals surface area (Å²) in [5.74, 6) is -0.389. The molecule has 0 aromatic rings. The van der Waals surface area contributed by atoms with E-state index in [0.29, 0.717) is 12.6 Å². The normalized spacial score (nSPS) is 25.9. The molecule has 1 rings (SSSR count). The topological polar surface area (TPSA) is 30.5 Å². The molecule has 1 atom stereocenters. The predicted molar refractivity (Wildman–Crippen MR) is 57.3 cm³/mol. The van der Waals surface area contributed by atoms with E-state index in [1.807, 2.05) is 13.8 Å². The summed E-state index contributed by atoms with van der Waals surface area (Å²) in [6.07, 6.45) is 2.56. The van der Waals surface area contributed by atoms with Crippen molar-refractivity contribution in [2.45, 2.75) is 58.5 Å². The van der Waals surface area contributed by atoms with Gasteiger partial charge in [-0.15, -0.1) is 0 Å². The van der Waals surface area contributed by atoms with E-state index < -0.39 is 0 Å². The van der Waals surface area contributed by atoms with Crippen LogP contribution in [0.15, 0.2) is 0 Å². The summed E-state index contributed by atoms with van der Waals surface area (Å²) in [4.78, 5) is 0. The first-order valence-electron chi connectivity index (χ1n) is 5.62. The molecule has 1 N–H and O–H groups in total. The summed E-state index contributed by atoms with van der Waals surface area (Å²) in [7, 11) is 0. The van der Waals surface area contributed by atoms with Crippen LogP contribution in [0.4, 0.5) is 0 Å². The van der Waals surface area contributed by atoms with Crippen molar-refractivity contribution in [3.05, 3.63) is 0 Å². The molecule has 0 bridgehead atoms. The van der Waals surface area contributed by atoms with E-state index in [9.17, 15) is 0 Å². The molecule has 0 aromatic heterocycles. The molecule has 0 aliphatic carbocycles. The molecule has 0 saturated carbocycles. The third kappa shape index (κ3) is 3.56. The van der Waals surface area contributed by atoms with Gasteiger partial charge in [-0.3, -0.25) is 0 Å². The molecule has 1 unspecified atom stereocenters. The largest absolute Gasteiger partial charge is 0.348 e. The van der Waals surface area contributed by atoms with Crippen molar-refractivity contribution in [2.24, 2.45) is 0 Å². The first-order valence-corrected chi connectivity index (χ1v) is 5.62. The molecule has 1 saturated heterocycles. The second kappa shape index (κ2) is 5.10. The minimum atomic E-state index is -0.389. The maximum atomic E-state index is 5.70. The number of hydrogen-bond acceptors (Lipinski definition) is 3. The molecule has 3 nitrogen and oxygen atoms in total. The van der Waals surface area contributed by atoms with Crippen LogP contribution in [0.5, 0.6) is 0 Å². The van der Waals surface area contributed by atoms with Crippen LogP contribution >= 0.6 is 0 Å². The third-order valence-corrected chi connectivity index (χ3v) is 2.69. The van der Waals surface area contributed by atoms with Gasteiger partial charge in [0.15, 0.2) is 5.79 Å². The fourth-order valence-electron chi connectivity index (χ4n) is 1.74. The Morgan fingerprint density at radius 3 is 2.43 bits per heavy atom. The fraction of sp³-hybridized carbons (Fsp3) is 1.00. The van der Waals surface area contributed by atoms with Crippen LogP contribution < -0.4 is 5.32 Å². The van der Waals surface area contributed by atoms with E-state index in [4.69, 9.17) is 9.47 Å². The standard InChI is InChI=1S/C11H23NO2/c1-5-9(6-2)12-7-10-8-13-11(3,4)14-10/h9-10,12H,5-8H2,1-4H3. The predicted octanol–water partition coefficient (Wildman–Crippen LogP) is 1.92. The second-order valence-electron chi connectivity index (χ2n) is 4.37. The summed E-state index contributed by atoms with van der Waals surface area (Å²) < 4.78 is 11.2. The molecular formula is C11H23NO2. The van der Waals surface area contributed by atoms with Crippen molar-refractivity contribution in [3.8, 4) is 0 Å². The molecule has 0 spiro atoms. The SMILES string of the molecule is CCC(CC)NCC1COC(C)(C)O1. The van der Waals surface area contributed by atoms with Gasteiger partial charge >= 0.3 is 0 Å². The lowest BCUT2D eigenvalue weighted by Crippen LogP contribution is -2.36. The minimum absolute atomic E-state index is 0.214. The van der Waals surface area contributed by atoms with Gasteiger partial charge in [-0.2, -0.15) is 0 Å². The highest BCUT2D eigenvalue weighted by Crippen LogP contribution is 2.21. The Morgan fingerprint density at radius 1 is 1.36 bits per heavy atom. The average Bonchev–Trinajstić information content (AvgIpc) is 2.47. The molecule has 0 aromatic carbocycles. The fourth-order valence-corrected chi connectivity index (χ4v) is 1.74. The Hall–Kier alpha value is -0.120.